The molecule has 2 atom stereocenters. The highest BCUT2D eigenvalue weighted by molar-refractivity contribution is 5.20. The molecule has 0 bridgehead atoms. The summed E-state index contributed by atoms with van der Waals surface area (Å²) in [6.45, 7) is 8.12. The topological polar surface area (TPSA) is 32.5 Å². The molecule has 1 fully saturated rings. The second-order valence-corrected chi connectivity index (χ2v) is 6.63. The van der Waals surface area contributed by atoms with E-state index in [0.29, 0.717) is 19.0 Å². The number of benzene rings is 1. The lowest BCUT2D eigenvalue weighted by molar-refractivity contribution is 0.0697. The molecule has 0 aromatic heterocycles. The van der Waals surface area contributed by atoms with Crippen LogP contribution < -0.4 is 5.73 Å². The zero-order valence-electron chi connectivity index (χ0n) is 13.5. The normalized spacial score (nSPS) is 24.5. The van der Waals surface area contributed by atoms with Gasteiger partial charge in [0.2, 0.25) is 0 Å². The van der Waals surface area contributed by atoms with Gasteiger partial charge in [-0.2, -0.15) is 0 Å². The van der Waals surface area contributed by atoms with Crippen LogP contribution in [0, 0.1) is 5.82 Å². The molecule has 0 aliphatic carbocycles. The first-order chi connectivity index (χ1) is 9.96. The first kappa shape index (κ1) is 16.4. The zero-order valence-corrected chi connectivity index (χ0v) is 13.5. The van der Waals surface area contributed by atoms with E-state index in [-0.39, 0.29) is 11.4 Å². The highest BCUT2D eigenvalue weighted by Crippen LogP contribution is 2.26. The SMILES string of the molecule is CC1CN(C)CCCN1C(C)(CN)Cc1ccccc1F. The maximum absolute atomic E-state index is 14.0. The van der Waals surface area contributed by atoms with Crippen LogP contribution in [-0.2, 0) is 6.42 Å². The summed E-state index contributed by atoms with van der Waals surface area (Å²) in [5.74, 6) is -0.128. The van der Waals surface area contributed by atoms with Crippen molar-refractivity contribution < 1.29 is 4.39 Å². The van der Waals surface area contributed by atoms with Crippen LogP contribution in [0.15, 0.2) is 24.3 Å². The number of hydrogen-bond acceptors (Lipinski definition) is 3. The van der Waals surface area contributed by atoms with Crippen LogP contribution in [0.2, 0.25) is 0 Å². The van der Waals surface area contributed by atoms with Gasteiger partial charge in [0.1, 0.15) is 5.82 Å². The van der Waals surface area contributed by atoms with Gasteiger partial charge in [0.05, 0.1) is 0 Å². The smallest absolute Gasteiger partial charge is 0.126 e. The number of hydrogen-bond donors (Lipinski definition) is 1. The second kappa shape index (κ2) is 6.86. The molecule has 2 N–H and O–H groups in total. The Morgan fingerprint density at radius 3 is 2.71 bits per heavy atom. The Hall–Kier alpha value is -0.970. The molecule has 4 heteroatoms. The van der Waals surface area contributed by atoms with E-state index < -0.39 is 0 Å². The van der Waals surface area contributed by atoms with Gasteiger partial charge in [-0.1, -0.05) is 18.2 Å². The molecule has 1 aromatic carbocycles. The fourth-order valence-electron chi connectivity index (χ4n) is 3.52. The van der Waals surface area contributed by atoms with E-state index in [1.54, 1.807) is 6.07 Å². The summed E-state index contributed by atoms with van der Waals surface area (Å²) in [7, 11) is 2.16. The van der Waals surface area contributed by atoms with Gasteiger partial charge < -0.3 is 10.6 Å². The summed E-state index contributed by atoms with van der Waals surface area (Å²) in [6, 6.07) is 7.47. The number of likely N-dealkylation sites (N-methyl/N-ethyl adjacent to an activating group) is 1. The lowest BCUT2D eigenvalue weighted by Gasteiger charge is -2.44. The van der Waals surface area contributed by atoms with Crippen molar-refractivity contribution in [2.24, 2.45) is 5.73 Å². The first-order valence-corrected chi connectivity index (χ1v) is 7.85. The Labute approximate surface area is 127 Å². The van der Waals surface area contributed by atoms with Crippen LogP contribution in [0.4, 0.5) is 4.39 Å². The highest BCUT2D eigenvalue weighted by atomic mass is 19.1. The highest BCUT2D eigenvalue weighted by Gasteiger charge is 2.35. The van der Waals surface area contributed by atoms with Gasteiger partial charge in [0.15, 0.2) is 0 Å². The summed E-state index contributed by atoms with van der Waals surface area (Å²) in [4.78, 5) is 4.84. The number of nitrogens with zero attached hydrogens (tertiary/aromatic N) is 2. The van der Waals surface area contributed by atoms with Crippen molar-refractivity contribution in [3.05, 3.63) is 35.6 Å². The van der Waals surface area contributed by atoms with E-state index in [1.807, 2.05) is 12.1 Å². The summed E-state index contributed by atoms with van der Waals surface area (Å²) in [6.07, 6.45) is 1.79. The van der Waals surface area contributed by atoms with Crippen molar-refractivity contribution in [1.29, 1.82) is 0 Å². The molecule has 21 heavy (non-hydrogen) atoms. The third kappa shape index (κ3) is 3.82. The van der Waals surface area contributed by atoms with Gasteiger partial charge in [-0.25, -0.2) is 4.39 Å². The molecule has 1 aromatic rings. The maximum Gasteiger partial charge on any atom is 0.126 e. The van der Waals surface area contributed by atoms with E-state index in [1.165, 1.54) is 6.07 Å². The van der Waals surface area contributed by atoms with Crippen LogP contribution >= 0.6 is 0 Å². The molecule has 1 aliphatic rings. The van der Waals surface area contributed by atoms with Gasteiger partial charge in [-0.15, -0.1) is 0 Å². The molecular weight excluding hydrogens is 265 g/mol. The molecule has 0 amide bonds. The average molecular weight is 293 g/mol. The predicted molar refractivity (Wildman–Crippen MR) is 85.8 cm³/mol. The third-order valence-corrected chi connectivity index (χ3v) is 4.71. The minimum atomic E-state index is -0.202. The van der Waals surface area contributed by atoms with Crippen LogP contribution in [-0.4, -0.2) is 54.6 Å². The Balaban J connectivity index is 2.21. The monoisotopic (exact) mass is 293 g/mol. The largest absolute Gasteiger partial charge is 0.329 e. The van der Waals surface area contributed by atoms with E-state index in [4.69, 9.17) is 5.73 Å². The van der Waals surface area contributed by atoms with Crippen molar-refractivity contribution in [1.82, 2.24) is 9.80 Å². The molecule has 2 rings (SSSR count). The molecule has 1 saturated heterocycles. The predicted octanol–water partition coefficient (Wildman–Crippen LogP) is 2.11. The average Bonchev–Trinajstić information content (AvgIpc) is 2.62. The quantitative estimate of drug-likeness (QED) is 0.923. The van der Waals surface area contributed by atoms with E-state index in [9.17, 15) is 4.39 Å². The minimum absolute atomic E-state index is 0.128. The molecule has 0 spiro atoms. The van der Waals surface area contributed by atoms with E-state index >= 15 is 0 Å². The van der Waals surface area contributed by atoms with Crippen molar-refractivity contribution >= 4 is 0 Å². The van der Waals surface area contributed by atoms with Gasteiger partial charge in [0, 0.05) is 31.2 Å². The van der Waals surface area contributed by atoms with Gasteiger partial charge in [-0.05, 0) is 51.9 Å². The number of halogens is 1. The Morgan fingerprint density at radius 2 is 2.05 bits per heavy atom. The lowest BCUT2D eigenvalue weighted by atomic mass is 9.89. The van der Waals surface area contributed by atoms with Crippen LogP contribution in [0.25, 0.3) is 0 Å². The minimum Gasteiger partial charge on any atom is -0.329 e. The van der Waals surface area contributed by atoms with Crippen LogP contribution in [0.1, 0.15) is 25.8 Å². The first-order valence-electron chi connectivity index (χ1n) is 7.85. The van der Waals surface area contributed by atoms with Gasteiger partial charge >= 0.3 is 0 Å². The number of nitrogens with two attached hydrogens (primary N) is 1. The molecule has 1 aliphatic heterocycles. The standard InChI is InChI=1S/C17H28FN3/c1-14-12-20(3)9-6-10-21(14)17(2,13-19)11-15-7-4-5-8-16(15)18/h4-5,7-8,14H,6,9-13,19H2,1-3H3. The molecule has 3 nitrogen and oxygen atoms in total. The summed E-state index contributed by atoms with van der Waals surface area (Å²) in [5, 5.41) is 0. The third-order valence-electron chi connectivity index (χ3n) is 4.71. The molecule has 118 valence electrons. The lowest BCUT2D eigenvalue weighted by Crippen LogP contribution is -2.57. The van der Waals surface area contributed by atoms with Gasteiger partial charge in [0.25, 0.3) is 0 Å². The summed E-state index contributed by atoms with van der Waals surface area (Å²) >= 11 is 0. The van der Waals surface area contributed by atoms with Crippen molar-refractivity contribution in [3.8, 4) is 0 Å². The Bertz CT molecular complexity index is 465. The fourth-order valence-corrected chi connectivity index (χ4v) is 3.52. The molecule has 2 unspecified atom stereocenters. The summed E-state index contributed by atoms with van der Waals surface area (Å²) < 4.78 is 14.0. The Morgan fingerprint density at radius 1 is 1.33 bits per heavy atom. The van der Waals surface area contributed by atoms with E-state index in [2.05, 4.69) is 30.7 Å². The van der Waals surface area contributed by atoms with Crippen molar-refractivity contribution in [2.45, 2.75) is 38.3 Å². The second-order valence-electron chi connectivity index (χ2n) is 6.63. The van der Waals surface area contributed by atoms with Crippen LogP contribution in [0.3, 0.4) is 0 Å². The molecule has 1 heterocycles. The van der Waals surface area contributed by atoms with Gasteiger partial charge in [-0.3, -0.25) is 4.90 Å². The van der Waals surface area contributed by atoms with Crippen molar-refractivity contribution in [3.63, 3.8) is 0 Å². The molecule has 0 saturated carbocycles. The van der Waals surface area contributed by atoms with Crippen molar-refractivity contribution in [2.75, 3.05) is 33.2 Å². The molecule has 0 radical (unpaired) electrons. The maximum atomic E-state index is 14.0. The zero-order chi connectivity index (χ0) is 15.5. The summed E-state index contributed by atoms with van der Waals surface area (Å²) in [5.41, 5.74) is 6.66. The van der Waals surface area contributed by atoms with Crippen LogP contribution in [0.5, 0.6) is 0 Å². The molecular formula is C17H28FN3. The van der Waals surface area contributed by atoms with E-state index in [0.717, 1.165) is 31.6 Å². The fraction of sp³-hybridized carbons (Fsp3) is 0.647. The number of rotatable bonds is 4. The Kier molecular flexibility index (Phi) is 5.36.